The summed E-state index contributed by atoms with van der Waals surface area (Å²) in [5.74, 6) is 1.36. The summed E-state index contributed by atoms with van der Waals surface area (Å²) in [5.41, 5.74) is 5.58. The van der Waals surface area contributed by atoms with Crippen LogP contribution in [0.15, 0.2) is 18.3 Å². The molecule has 4 heteroatoms. The molecule has 2 heterocycles. The lowest BCUT2D eigenvalue weighted by Crippen LogP contribution is -2.17. The number of hydrogen-bond donors (Lipinski definition) is 1. The Kier molecular flexibility index (Phi) is 3.62. The maximum Gasteiger partial charge on any atom is 0.223 e. The summed E-state index contributed by atoms with van der Waals surface area (Å²) >= 11 is 0. The summed E-state index contributed by atoms with van der Waals surface area (Å²) in [7, 11) is 0. The van der Waals surface area contributed by atoms with Gasteiger partial charge in [-0.2, -0.15) is 0 Å². The predicted octanol–water partition coefficient (Wildman–Crippen LogP) is 3.67. The van der Waals surface area contributed by atoms with Crippen molar-refractivity contribution in [3.63, 3.8) is 0 Å². The number of anilines is 1. The monoisotopic (exact) mass is 282 g/mol. The molecule has 2 aromatic rings. The summed E-state index contributed by atoms with van der Waals surface area (Å²) in [6.07, 6.45) is 4.38. The molecule has 3 rings (SSSR count). The summed E-state index contributed by atoms with van der Waals surface area (Å²) in [6.45, 7) is 8.24. The van der Waals surface area contributed by atoms with Crippen molar-refractivity contribution in [1.29, 1.82) is 0 Å². The average Bonchev–Trinajstić information content (AvgIpc) is 3.26. The Morgan fingerprint density at radius 2 is 1.76 bits per heavy atom. The molecule has 1 aliphatic rings. The third-order valence-electron chi connectivity index (χ3n) is 4.27. The van der Waals surface area contributed by atoms with Gasteiger partial charge in [-0.15, -0.1) is 0 Å². The van der Waals surface area contributed by atoms with E-state index in [1.165, 1.54) is 18.4 Å². The Morgan fingerprint density at radius 1 is 1.10 bits per heavy atom. The fraction of sp³-hybridized carbons (Fsp3) is 0.471. The number of rotatable bonds is 4. The summed E-state index contributed by atoms with van der Waals surface area (Å²) in [5, 5.41) is 3.51. The Bertz CT molecular complexity index is 639. The van der Waals surface area contributed by atoms with Crippen LogP contribution < -0.4 is 5.32 Å². The van der Waals surface area contributed by atoms with Crippen molar-refractivity contribution in [3.8, 4) is 0 Å². The smallest absolute Gasteiger partial charge is 0.223 e. The maximum absolute atomic E-state index is 4.58. The van der Waals surface area contributed by atoms with Gasteiger partial charge in [0.15, 0.2) is 0 Å². The molecule has 0 radical (unpaired) electrons. The summed E-state index contributed by atoms with van der Waals surface area (Å²) in [6, 6.07) is 4.40. The molecule has 1 atom stereocenters. The van der Waals surface area contributed by atoms with Crippen LogP contribution in [0.3, 0.4) is 0 Å². The number of hydrogen-bond acceptors (Lipinski definition) is 4. The Hall–Kier alpha value is -1.97. The van der Waals surface area contributed by atoms with E-state index in [1.54, 1.807) is 0 Å². The van der Waals surface area contributed by atoms with Gasteiger partial charge < -0.3 is 5.32 Å². The van der Waals surface area contributed by atoms with Gasteiger partial charge in [-0.3, -0.25) is 4.98 Å². The summed E-state index contributed by atoms with van der Waals surface area (Å²) in [4.78, 5) is 13.7. The minimum absolute atomic E-state index is 0.214. The van der Waals surface area contributed by atoms with Crippen molar-refractivity contribution in [2.75, 3.05) is 5.32 Å². The lowest BCUT2D eigenvalue weighted by Gasteiger charge is -2.19. The Balaban J connectivity index is 1.89. The molecule has 110 valence electrons. The van der Waals surface area contributed by atoms with Crippen LogP contribution in [0.2, 0.25) is 0 Å². The molecule has 0 aromatic carbocycles. The minimum atomic E-state index is 0.214. The topological polar surface area (TPSA) is 50.7 Å². The second-order valence-corrected chi connectivity index (χ2v) is 6.06. The molecule has 1 fully saturated rings. The van der Waals surface area contributed by atoms with Gasteiger partial charge in [-0.05, 0) is 69.7 Å². The number of pyridine rings is 1. The largest absolute Gasteiger partial charge is 0.346 e. The van der Waals surface area contributed by atoms with Gasteiger partial charge in [0.25, 0.3) is 0 Å². The van der Waals surface area contributed by atoms with Gasteiger partial charge in [0.2, 0.25) is 5.95 Å². The van der Waals surface area contributed by atoms with Gasteiger partial charge in [0.1, 0.15) is 0 Å². The fourth-order valence-electron chi connectivity index (χ4n) is 2.57. The van der Waals surface area contributed by atoms with E-state index in [2.05, 4.69) is 40.2 Å². The standard InChI is InChI=1S/C17H22N4/c1-10-7-8-18-15(9-10)16(14-5-6-14)21-17-19-12(3)11(2)13(4)20-17/h7-9,14,16H,5-6H2,1-4H3,(H,19,20,21). The van der Waals surface area contributed by atoms with Crippen molar-refractivity contribution < 1.29 is 0 Å². The second-order valence-electron chi connectivity index (χ2n) is 6.06. The van der Waals surface area contributed by atoms with E-state index in [1.807, 2.05) is 26.1 Å². The molecule has 0 amide bonds. The third-order valence-corrected chi connectivity index (χ3v) is 4.27. The molecular formula is C17H22N4. The molecule has 4 nitrogen and oxygen atoms in total. The number of aromatic nitrogens is 3. The van der Waals surface area contributed by atoms with Crippen molar-refractivity contribution in [2.45, 2.75) is 46.6 Å². The van der Waals surface area contributed by atoms with Gasteiger partial charge in [-0.1, -0.05) is 0 Å². The van der Waals surface area contributed by atoms with Crippen LogP contribution >= 0.6 is 0 Å². The average molecular weight is 282 g/mol. The molecule has 1 N–H and O–H groups in total. The third kappa shape index (κ3) is 3.04. The molecule has 2 aromatic heterocycles. The van der Waals surface area contributed by atoms with Crippen LogP contribution in [-0.2, 0) is 0 Å². The minimum Gasteiger partial charge on any atom is -0.346 e. The molecule has 21 heavy (non-hydrogen) atoms. The Morgan fingerprint density at radius 3 is 2.33 bits per heavy atom. The normalized spacial score (nSPS) is 15.8. The predicted molar refractivity (Wildman–Crippen MR) is 84.3 cm³/mol. The first-order chi connectivity index (χ1) is 10.0. The molecular weight excluding hydrogens is 260 g/mol. The van der Waals surface area contributed by atoms with E-state index in [0.29, 0.717) is 5.92 Å². The highest BCUT2D eigenvalue weighted by atomic mass is 15.1. The SMILES string of the molecule is Cc1ccnc(C(Nc2nc(C)c(C)c(C)n2)C2CC2)c1. The zero-order valence-electron chi connectivity index (χ0n) is 13.1. The van der Waals surface area contributed by atoms with Crippen molar-refractivity contribution in [2.24, 2.45) is 5.92 Å². The van der Waals surface area contributed by atoms with E-state index >= 15 is 0 Å². The van der Waals surface area contributed by atoms with Gasteiger partial charge >= 0.3 is 0 Å². The van der Waals surface area contributed by atoms with Gasteiger partial charge in [0.05, 0.1) is 11.7 Å². The molecule has 0 aliphatic heterocycles. The van der Waals surface area contributed by atoms with E-state index in [0.717, 1.165) is 28.6 Å². The highest BCUT2D eigenvalue weighted by Gasteiger charge is 2.33. The van der Waals surface area contributed by atoms with E-state index in [4.69, 9.17) is 0 Å². The van der Waals surface area contributed by atoms with Crippen LogP contribution in [0, 0.1) is 33.6 Å². The maximum atomic E-state index is 4.58. The quantitative estimate of drug-likeness (QED) is 0.929. The molecule has 1 saturated carbocycles. The van der Waals surface area contributed by atoms with Crippen LogP contribution in [-0.4, -0.2) is 15.0 Å². The van der Waals surface area contributed by atoms with Gasteiger partial charge in [0, 0.05) is 17.6 Å². The zero-order valence-corrected chi connectivity index (χ0v) is 13.1. The zero-order chi connectivity index (χ0) is 15.0. The van der Waals surface area contributed by atoms with Crippen LogP contribution in [0.5, 0.6) is 0 Å². The van der Waals surface area contributed by atoms with E-state index in [-0.39, 0.29) is 6.04 Å². The first-order valence-corrected chi connectivity index (χ1v) is 7.55. The molecule has 1 unspecified atom stereocenters. The second kappa shape index (κ2) is 5.43. The van der Waals surface area contributed by atoms with Crippen LogP contribution in [0.25, 0.3) is 0 Å². The van der Waals surface area contributed by atoms with Gasteiger partial charge in [-0.25, -0.2) is 9.97 Å². The number of nitrogens with zero attached hydrogens (tertiary/aromatic N) is 3. The summed E-state index contributed by atoms with van der Waals surface area (Å²) < 4.78 is 0. The molecule has 1 aliphatic carbocycles. The number of aryl methyl sites for hydroxylation is 3. The highest BCUT2D eigenvalue weighted by Crippen LogP contribution is 2.42. The Labute approximate surface area is 126 Å². The fourth-order valence-corrected chi connectivity index (χ4v) is 2.57. The van der Waals surface area contributed by atoms with Crippen LogP contribution in [0.1, 0.15) is 47.1 Å². The van der Waals surface area contributed by atoms with E-state index in [9.17, 15) is 0 Å². The van der Waals surface area contributed by atoms with Crippen molar-refractivity contribution in [3.05, 3.63) is 46.5 Å². The lowest BCUT2D eigenvalue weighted by atomic mass is 10.1. The number of nitrogens with one attached hydrogen (secondary N) is 1. The van der Waals surface area contributed by atoms with Crippen LogP contribution in [0.4, 0.5) is 5.95 Å². The lowest BCUT2D eigenvalue weighted by molar-refractivity contribution is 0.649. The molecule has 0 bridgehead atoms. The van der Waals surface area contributed by atoms with Crippen molar-refractivity contribution in [1.82, 2.24) is 15.0 Å². The highest BCUT2D eigenvalue weighted by molar-refractivity contribution is 5.36. The molecule has 0 saturated heterocycles. The van der Waals surface area contributed by atoms with Crippen molar-refractivity contribution >= 4 is 5.95 Å². The first-order valence-electron chi connectivity index (χ1n) is 7.55. The van der Waals surface area contributed by atoms with E-state index < -0.39 is 0 Å². The first kappa shape index (κ1) is 14.0. The molecule has 0 spiro atoms.